The van der Waals surface area contributed by atoms with Crippen molar-refractivity contribution in [3.8, 4) is 0 Å². The van der Waals surface area contributed by atoms with E-state index in [0.717, 1.165) is 6.07 Å². The lowest BCUT2D eigenvalue weighted by Crippen LogP contribution is -2.74. The van der Waals surface area contributed by atoms with Gasteiger partial charge in [-0.3, -0.25) is 10.1 Å². The smallest absolute Gasteiger partial charge is 0.388 e. The summed E-state index contributed by atoms with van der Waals surface area (Å²) in [5.41, 5.74) is -2.69. The molecular weight excluding hydrogens is 577 g/mol. The predicted octanol–water partition coefficient (Wildman–Crippen LogP) is 7.03. The first-order chi connectivity index (χ1) is 16.1. The number of nitrogens with zero attached hydrogens (tertiary/aromatic N) is 1. The fraction of sp³-hybridized carbons (Fsp3) is 0.625. The summed E-state index contributed by atoms with van der Waals surface area (Å²) in [6.07, 6.45) is -14.4. The molecule has 0 bridgehead atoms. The Morgan fingerprint density at radius 2 is 1.00 bits per heavy atom. The van der Waals surface area contributed by atoms with E-state index in [0.29, 0.717) is 18.2 Å². The molecule has 0 spiro atoms. The minimum Gasteiger partial charge on any atom is -0.388 e. The second-order valence-electron chi connectivity index (χ2n) is 7.18. The SMILES string of the molecule is O=[N+]([O-])c1ccccc1C(O)CC(F)(F)C(F)(F)C(F)(F)C(F)(F)C(F)(F)C(F)(F)C(F)(F)C(F)(F)F. The van der Waals surface area contributed by atoms with E-state index in [4.69, 9.17) is 0 Å². The van der Waals surface area contributed by atoms with Gasteiger partial charge in [-0.2, -0.15) is 74.6 Å². The van der Waals surface area contributed by atoms with Crippen LogP contribution in [-0.4, -0.2) is 57.7 Å². The normalized spacial score (nSPS) is 16.1. The number of aliphatic hydroxyl groups excluding tert-OH is 1. The molecule has 1 N–H and O–H groups in total. The Morgan fingerprint density at radius 1 is 0.649 bits per heavy atom. The van der Waals surface area contributed by atoms with Crippen molar-refractivity contribution in [2.45, 2.75) is 60.2 Å². The van der Waals surface area contributed by atoms with Gasteiger partial charge in [0.15, 0.2) is 0 Å². The summed E-state index contributed by atoms with van der Waals surface area (Å²) in [6.45, 7) is 0. The van der Waals surface area contributed by atoms with Gasteiger partial charge in [-0.15, -0.1) is 0 Å². The molecule has 1 atom stereocenters. The van der Waals surface area contributed by atoms with E-state index in [-0.39, 0.29) is 0 Å². The van der Waals surface area contributed by atoms with Crippen molar-refractivity contribution in [3.63, 3.8) is 0 Å². The molecule has 0 heterocycles. The first-order valence-electron chi connectivity index (χ1n) is 8.69. The molecule has 214 valence electrons. The van der Waals surface area contributed by atoms with E-state index >= 15 is 0 Å². The van der Waals surface area contributed by atoms with Crippen LogP contribution in [0.1, 0.15) is 18.1 Å². The van der Waals surface area contributed by atoms with Crippen molar-refractivity contribution in [2.75, 3.05) is 0 Å². The lowest BCUT2D eigenvalue weighted by atomic mass is 9.87. The molecule has 1 unspecified atom stereocenters. The van der Waals surface area contributed by atoms with Crippen LogP contribution in [0, 0.1) is 10.1 Å². The summed E-state index contributed by atoms with van der Waals surface area (Å²) in [7, 11) is 0. The monoisotopic (exact) mass is 585 g/mol. The van der Waals surface area contributed by atoms with Gasteiger partial charge >= 0.3 is 47.6 Å². The van der Waals surface area contributed by atoms with E-state index in [9.17, 15) is 89.9 Å². The number of hydrogen-bond acceptors (Lipinski definition) is 3. The zero-order valence-corrected chi connectivity index (χ0v) is 16.7. The Balaban J connectivity index is 3.59. The Hall–Kier alpha value is -2.61. The van der Waals surface area contributed by atoms with Crippen LogP contribution in [0.2, 0.25) is 0 Å². The number of halogens is 17. The summed E-state index contributed by atoms with van der Waals surface area (Å²) in [4.78, 5) is 9.34. The molecule has 0 fully saturated rings. The van der Waals surface area contributed by atoms with Gasteiger partial charge in [-0.05, 0) is 6.07 Å². The lowest BCUT2D eigenvalue weighted by Gasteiger charge is -2.43. The third-order valence-electron chi connectivity index (χ3n) is 4.73. The molecule has 0 amide bonds. The second kappa shape index (κ2) is 9.00. The maximum absolute atomic E-state index is 14.0. The Labute approximate surface area is 191 Å². The molecule has 0 aliphatic heterocycles. The van der Waals surface area contributed by atoms with E-state index in [1.165, 1.54) is 0 Å². The molecule has 1 aromatic carbocycles. The van der Waals surface area contributed by atoms with Crippen molar-refractivity contribution < 1.29 is 84.7 Å². The number of rotatable bonds is 10. The van der Waals surface area contributed by atoms with Crippen LogP contribution in [0.25, 0.3) is 0 Å². The van der Waals surface area contributed by atoms with Crippen LogP contribution in [0.3, 0.4) is 0 Å². The summed E-state index contributed by atoms with van der Waals surface area (Å²) in [5, 5.41) is 20.3. The van der Waals surface area contributed by atoms with Crippen molar-refractivity contribution in [1.82, 2.24) is 0 Å². The number of hydrogen-bond donors (Lipinski definition) is 1. The number of alkyl halides is 17. The van der Waals surface area contributed by atoms with Gasteiger partial charge in [0.2, 0.25) is 0 Å². The van der Waals surface area contributed by atoms with Crippen LogP contribution in [0.5, 0.6) is 0 Å². The highest BCUT2D eigenvalue weighted by Gasteiger charge is 2.95. The van der Waals surface area contributed by atoms with Gasteiger partial charge in [-0.25, -0.2) is 0 Å². The molecular formula is C16H8F17NO3. The molecule has 1 rings (SSSR count). The minimum absolute atomic E-state index is 0.359. The minimum atomic E-state index is -8.77. The highest BCUT2D eigenvalue weighted by atomic mass is 19.4. The van der Waals surface area contributed by atoms with Crippen LogP contribution in [0.15, 0.2) is 24.3 Å². The van der Waals surface area contributed by atoms with E-state index in [1.54, 1.807) is 0 Å². The molecule has 4 nitrogen and oxygen atoms in total. The van der Waals surface area contributed by atoms with Gasteiger partial charge in [0.1, 0.15) is 0 Å². The van der Waals surface area contributed by atoms with Gasteiger partial charge < -0.3 is 5.11 Å². The Kier molecular flexibility index (Phi) is 7.89. The fourth-order valence-corrected chi connectivity index (χ4v) is 2.61. The number of para-hydroxylation sites is 1. The Bertz CT molecular complexity index is 1000. The first kappa shape index (κ1) is 32.4. The van der Waals surface area contributed by atoms with Gasteiger partial charge in [0, 0.05) is 12.5 Å². The van der Waals surface area contributed by atoms with Crippen molar-refractivity contribution in [3.05, 3.63) is 39.9 Å². The summed E-state index contributed by atoms with van der Waals surface area (Å²) in [6, 6.07) is 2.31. The molecule has 1 aromatic rings. The van der Waals surface area contributed by atoms with Crippen molar-refractivity contribution >= 4 is 5.69 Å². The molecule has 21 heteroatoms. The highest BCUT2D eigenvalue weighted by molar-refractivity contribution is 5.41. The van der Waals surface area contributed by atoms with Crippen LogP contribution in [-0.2, 0) is 0 Å². The molecule has 0 saturated carbocycles. The lowest BCUT2D eigenvalue weighted by molar-refractivity contribution is -0.462. The Morgan fingerprint density at radius 3 is 1.38 bits per heavy atom. The number of aliphatic hydroxyl groups is 1. The van der Waals surface area contributed by atoms with E-state index in [1.807, 2.05) is 0 Å². The molecule has 37 heavy (non-hydrogen) atoms. The second-order valence-corrected chi connectivity index (χ2v) is 7.18. The van der Waals surface area contributed by atoms with Gasteiger partial charge in [-0.1, -0.05) is 12.1 Å². The number of nitro groups is 1. The average Bonchev–Trinajstić information content (AvgIpc) is 2.71. The third kappa shape index (κ3) is 4.62. The maximum atomic E-state index is 14.0. The highest BCUT2D eigenvalue weighted by Crippen LogP contribution is 2.64. The first-order valence-corrected chi connectivity index (χ1v) is 8.69. The zero-order valence-electron chi connectivity index (χ0n) is 16.7. The summed E-state index contributed by atoms with van der Waals surface area (Å²) < 4.78 is 225. The average molecular weight is 585 g/mol. The standard InChI is InChI=1S/C16H8F17NO3/c17-9(18,5-8(35)6-3-1-2-4-7(6)34(36)37)10(19,20)11(21,22)12(23,24)13(25,26)14(27,28)15(29,30)16(31,32)33/h1-4,8,35H,5H2. The summed E-state index contributed by atoms with van der Waals surface area (Å²) in [5.74, 6) is -57.8. The molecule has 0 radical (unpaired) electrons. The third-order valence-corrected chi connectivity index (χ3v) is 4.73. The summed E-state index contributed by atoms with van der Waals surface area (Å²) >= 11 is 0. The van der Waals surface area contributed by atoms with Crippen LogP contribution >= 0.6 is 0 Å². The molecule has 0 aliphatic carbocycles. The molecule has 0 saturated heterocycles. The van der Waals surface area contributed by atoms with Crippen LogP contribution in [0.4, 0.5) is 80.3 Å². The number of benzene rings is 1. The number of nitro benzene ring substituents is 1. The van der Waals surface area contributed by atoms with Gasteiger partial charge in [0.25, 0.3) is 5.69 Å². The maximum Gasteiger partial charge on any atom is 0.460 e. The topological polar surface area (TPSA) is 63.4 Å². The van der Waals surface area contributed by atoms with Crippen LogP contribution < -0.4 is 0 Å². The fourth-order valence-electron chi connectivity index (χ4n) is 2.61. The molecule has 0 aromatic heterocycles. The van der Waals surface area contributed by atoms with E-state index < -0.39 is 76.3 Å². The van der Waals surface area contributed by atoms with Gasteiger partial charge in [0.05, 0.1) is 16.6 Å². The molecule has 0 aliphatic rings. The zero-order chi connectivity index (χ0) is 29.8. The quantitative estimate of drug-likeness (QED) is 0.182. The largest absolute Gasteiger partial charge is 0.460 e. The predicted molar refractivity (Wildman–Crippen MR) is 83.4 cm³/mol. The van der Waals surface area contributed by atoms with Crippen molar-refractivity contribution in [1.29, 1.82) is 0 Å². The van der Waals surface area contributed by atoms with E-state index in [2.05, 4.69) is 0 Å². The van der Waals surface area contributed by atoms with Crippen molar-refractivity contribution in [2.24, 2.45) is 0 Å².